The number of hydrogen-bond donors (Lipinski definition) is 0. The van der Waals surface area contributed by atoms with Gasteiger partial charge in [-0.15, -0.1) is 0 Å². The quantitative estimate of drug-likeness (QED) is 0.445. The molecule has 0 amide bonds. The van der Waals surface area contributed by atoms with Crippen molar-refractivity contribution in [2.75, 3.05) is 0 Å². The Hall–Kier alpha value is -3.51. The first-order chi connectivity index (χ1) is 14.0. The van der Waals surface area contributed by atoms with E-state index in [0.717, 1.165) is 16.7 Å². The van der Waals surface area contributed by atoms with Gasteiger partial charge in [0.05, 0.1) is 11.9 Å². The van der Waals surface area contributed by atoms with Crippen LogP contribution in [0.25, 0.3) is 22.5 Å². The molecule has 29 heavy (non-hydrogen) atoms. The molecule has 0 aliphatic heterocycles. The Labute approximate surface area is 169 Å². The first-order valence-corrected chi connectivity index (χ1v) is 10.4. The maximum Gasteiger partial charge on any atom is 0.340 e. The Morgan fingerprint density at radius 2 is 1.28 bits per heavy atom. The molecule has 0 saturated heterocycles. The highest BCUT2D eigenvalue weighted by molar-refractivity contribution is 7.87. The predicted octanol–water partition coefficient (Wildman–Crippen LogP) is 4.89. The smallest absolute Gasteiger partial charge is 0.340 e. The molecule has 0 atom stereocenters. The third-order valence-electron chi connectivity index (χ3n) is 4.35. The summed E-state index contributed by atoms with van der Waals surface area (Å²) in [4.78, 5) is 9.02. The van der Waals surface area contributed by atoms with Crippen LogP contribution in [0.3, 0.4) is 0 Å². The van der Waals surface area contributed by atoms with E-state index >= 15 is 0 Å². The fourth-order valence-electron chi connectivity index (χ4n) is 2.88. The van der Waals surface area contributed by atoms with Crippen LogP contribution < -0.4 is 4.18 Å². The zero-order valence-electron chi connectivity index (χ0n) is 15.7. The van der Waals surface area contributed by atoms with Gasteiger partial charge >= 0.3 is 10.1 Å². The molecule has 4 aromatic rings. The maximum atomic E-state index is 12.6. The highest BCUT2D eigenvalue weighted by atomic mass is 32.2. The standard InChI is InChI=1S/C23H18N2O3S/c1-17-12-14-20(15-13-17)29(26,27)28-21-16-24-22(18-8-4-2-5-9-18)23(25-21)19-10-6-3-7-11-19/h2-16H,1H3. The normalized spacial score (nSPS) is 11.2. The van der Waals surface area contributed by atoms with Gasteiger partial charge in [0.25, 0.3) is 5.88 Å². The summed E-state index contributed by atoms with van der Waals surface area (Å²) in [7, 11) is -4.01. The Balaban J connectivity index is 1.77. The van der Waals surface area contributed by atoms with Crippen molar-refractivity contribution in [3.05, 3.63) is 96.7 Å². The largest absolute Gasteiger partial charge is 0.356 e. The lowest BCUT2D eigenvalue weighted by Crippen LogP contribution is -2.11. The number of hydrogen-bond acceptors (Lipinski definition) is 5. The van der Waals surface area contributed by atoms with Crippen molar-refractivity contribution in [1.29, 1.82) is 0 Å². The lowest BCUT2D eigenvalue weighted by atomic mass is 10.0. The molecule has 3 aromatic carbocycles. The average molecular weight is 402 g/mol. The molecular formula is C23H18N2O3S. The van der Waals surface area contributed by atoms with Gasteiger partial charge < -0.3 is 4.18 Å². The summed E-state index contributed by atoms with van der Waals surface area (Å²) in [6, 6.07) is 25.5. The Bertz CT molecular complexity index is 1220. The van der Waals surface area contributed by atoms with E-state index in [1.807, 2.05) is 67.6 Å². The van der Waals surface area contributed by atoms with Crippen LogP contribution in [0.1, 0.15) is 5.56 Å². The van der Waals surface area contributed by atoms with E-state index < -0.39 is 10.1 Å². The molecular weight excluding hydrogens is 384 g/mol. The lowest BCUT2D eigenvalue weighted by Gasteiger charge is -2.11. The highest BCUT2D eigenvalue weighted by Gasteiger charge is 2.19. The van der Waals surface area contributed by atoms with Gasteiger partial charge in [0.1, 0.15) is 10.6 Å². The minimum atomic E-state index is -4.01. The summed E-state index contributed by atoms with van der Waals surface area (Å²) in [6.45, 7) is 1.89. The summed E-state index contributed by atoms with van der Waals surface area (Å²) >= 11 is 0. The van der Waals surface area contributed by atoms with Crippen molar-refractivity contribution >= 4 is 10.1 Å². The molecule has 0 aliphatic carbocycles. The zero-order chi connectivity index (χ0) is 20.3. The van der Waals surface area contributed by atoms with E-state index in [1.165, 1.54) is 18.3 Å². The molecule has 0 N–H and O–H groups in total. The van der Waals surface area contributed by atoms with Gasteiger partial charge in [0.15, 0.2) is 0 Å². The summed E-state index contributed by atoms with van der Waals surface area (Å²) in [6.07, 6.45) is 1.33. The van der Waals surface area contributed by atoms with E-state index in [0.29, 0.717) is 11.4 Å². The summed E-state index contributed by atoms with van der Waals surface area (Å²) in [5, 5.41) is 0. The van der Waals surface area contributed by atoms with Crippen LogP contribution in [-0.4, -0.2) is 18.4 Å². The second kappa shape index (κ2) is 7.85. The van der Waals surface area contributed by atoms with Crippen LogP contribution in [0.4, 0.5) is 0 Å². The Morgan fingerprint density at radius 3 is 1.86 bits per heavy atom. The van der Waals surface area contributed by atoms with Crippen LogP contribution >= 0.6 is 0 Å². The minimum Gasteiger partial charge on any atom is -0.356 e. The van der Waals surface area contributed by atoms with Gasteiger partial charge in [-0.05, 0) is 19.1 Å². The van der Waals surface area contributed by atoms with Gasteiger partial charge in [0, 0.05) is 11.1 Å². The molecule has 4 rings (SSSR count). The molecule has 0 aliphatic rings. The van der Waals surface area contributed by atoms with Crippen LogP contribution in [0.15, 0.2) is 96.0 Å². The van der Waals surface area contributed by atoms with E-state index in [2.05, 4.69) is 9.97 Å². The molecule has 0 saturated carbocycles. The number of rotatable bonds is 5. The fraction of sp³-hybridized carbons (Fsp3) is 0.0435. The van der Waals surface area contributed by atoms with E-state index in [4.69, 9.17) is 4.18 Å². The van der Waals surface area contributed by atoms with Gasteiger partial charge in [-0.1, -0.05) is 78.4 Å². The molecule has 144 valence electrons. The number of aryl methyl sites for hydroxylation is 1. The number of aromatic nitrogens is 2. The van der Waals surface area contributed by atoms with Crippen molar-refractivity contribution in [1.82, 2.24) is 9.97 Å². The van der Waals surface area contributed by atoms with Crippen LogP contribution in [0, 0.1) is 6.92 Å². The van der Waals surface area contributed by atoms with E-state index in [-0.39, 0.29) is 10.8 Å². The third-order valence-corrected chi connectivity index (χ3v) is 5.59. The van der Waals surface area contributed by atoms with Crippen molar-refractivity contribution in [3.8, 4) is 28.4 Å². The molecule has 1 aromatic heterocycles. The molecule has 6 heteroatoms. The molecule has 1 heterocycles. The maximum absolute atomic E-state index is 12.6. The second-order valence-corrected chi connectivity index (χ2v) is 8.03. The van der Waals surface area contributed by atoms with Gasteiger partial charge in [-0.25, -0.2) is 9.97 Å². The molecule has 0 bridgehead atoms. The van der Waals surface area contributed by atoms with Crippen molar-refractivity contribution in [3.63, 3.8) is 0 Å². The Kier molecular flexibility index (Phi) is 5.10. The topological polar surface area (TPSA) is 69.2 Å². The predicted molar refractivity (Wildman–Crippen MR) is 112 cm³/mol. The SMILES string of the molecule is Cc1ccc(S(=O)(=O)Oc2cnc(-c3ccccc3)c(-c3ccccc3)n2)cc1. The molecule has 5 nitrogen and oxygen atoms in total. The van der Waals surface area contributed by atoms with Gasteiger partial charge in [-0.3, -0.25) is 0 Å². The molecule has 0 radical (unpaired) electrons. The van der Waals surface area contributed by atoms with Crippen molar-refractivity contribution in [2.45, 2.75) is 11.8 Å². The van der Waals surface area contributed by atoms with Crippen LogP contribution in [-0.2, 0) is 10.1 Å². The van der Waals surface area contributed by atoms with Gasteiger partial charge in [0.2, 0.25) is 0 Å². The van der Waals surface area contributed by atoms with E-state index in [9.17, 15) is 8.42 Å². The highest BCUT2D eigenvalue weighted by Crippen LogP contribution is 2.30. The summed E-state index contributed by atoms with van der Waals surface area (Å²) in [5.74, 6) is -0.0795. The van der Waals surface area contributed by atoms with Crippen molar-refractivity contribution < 1.29 is 12.6 Å². The van der Waals surface area contributed by atoms with Crippen LogP contribution in [0.2, 0.25) is 0 Å². The van der Waals surface area contributed by atoms with Crippen LogP contribution in [0.5, 0.6) is 5.88 Å². The first-order valence-electron chi connectivity index (χ1n) is 9.02. The zero-order valence-corrected chi connectivity index (χ0v) is 16.5. The Morgan fingerprint density at radius 1 is 0.724 bits per heavy atom. The minimum absolute atomic E-state index is 0.0679. The third kappa shape index (κ3) is 4.17. The molecule has 0 fully saturated rings. The second-order valence-electron chi connectivity index (χ2n) is 6.49. The average Bonchev–Trinajstić information content (AvgIpc) is 2.75. The number of nitrogens with zero attached hydrogens (tertiary/aromatic N) is 2. The lowest BCUT2D eigenvalue weighted by molar-refractivity contribution is 0.475. The number of benzene rings is 3. The summed E-state index contributed by atoms with van der Waals surface area (Å²) < 4.78 is 30.5. The molecule has 0 unspecified atom stereocenters. The monoisotopic (exact) mass is 402 g/mol. The van der Waals surface area contributed by atoms with E-state index in [1.54, 1.807) is 12.1 Å². The fourth-order valence-corrected chi connectivity index (χ4v) is 3.75. The van der Waals surface area contributed by atoms with Crippen molar-refractivity contribution in [2.24, 2.45) is 0 Å². The summed E-state index contributed by atoms with van der Waals surface area (Å²) in [5.41, 5.74) is 3.86. The molecule has 0 spiro atoms. The first kappa shape index (κ1) is 18.8. The van der Waals surface area contributed by atoms with Gasteiger partial charge in [-0.2, -0.15) is 8.42 Å².